The van der Waals surface area contributed by atoms with Crippen molar-refractivity contribution >= 4 is 27.6 Å². The highest BCUT2D eigenvalue weighted by molar-refractivity contribution is 7.89. The largest absolute Gasteiger partial charge is 0.488 e. The quantitative estimate of drug-likeness (QED) is 0.490. The van der Waals surface area contributed by atoms with Gasteiger partial charge in [-0.3, -0.25) is 0 Å². The van der Waals surface area contributed by atoms with E-state index in [2.05, 4.69) is 0 Å². The number of rotatable bonds is 8. The molecule has 0 atom stereocenters. The molecule has 0 amide bonds. The molecule has 0 heterocycles. The van der Waals surface area contributed by atoms with E-state index < -0.39 is 16.0 Å². The Kier molecular flexibility index (Phi) is 7.24. The summed E-state index contributed by atoms with van der Waals surface area (Å²) in [7, 11) is -2.18. The number of esters is 1. The van der Waals surface area contributed by atoms with E-state index in [9.17, 15) is 13.2 Å². The van der Waals surface area contributed by atoms with Gasteiger partial charge in [0.15, 0.2) is 0 Å². The van der Waals surface area contributed by atoms with Crippen molar-refractivity contribution in [1.29, 1.82) is 0 Å². The van der Waals surface area contributed by atoms with Gasteiger partial charge in [-0.05, 0) is 44.2 Å². The summed E-state index contributed by atoms with van der Waals surface area (Å²) >= 11 is 5.98. The van der Waals surface area contributed by atoms with Crippen LogP contribution in [0.2, 0.25) is 5.02 Å². The SMILES string of the molecule is CC(C)N(C)S(=O)(=O)c1cccc(C(=O)OCCOc2ccccc2Cl)c1. The fourth-order valence-corrected chi connectivity index (χ4v) is 3.76. The molecule has 0 unspecified atom stereocenters. The normalized spacial score (nSPS) is 11.6. The maximum Gasteiger partial charge on any atom is 0.338 e. The second-order valence-corrected chi connectivity index (χ2v) is 8.46. The van der Waals surface area contributed by atoms with Gasteiger partial charge in [-0.25, -0.2) is 13.2 Å². The number of carbonyl (C=O) groups excluding carboxylic acids is 1. The molecule has 146 valence electrons. The molecule has 0 bridgehead atoms. The summed E-state index contributed by atoms with van der Waals surface area (Å²) in [5, 5.41) is 0.469. The summed E-state index contributed by atoms with van der Waals surface area (Å²) in [5.74, 6) is -0.123. The van der Waals surface area contributed by atoms with Crippen LogP contribution in [0, 0.1) is 0 Å². The molecular weight excluding hydrogens is 390 g/mol. The van der Waals surface area contributed by atoms with Gasteiger partial charge in [-0.15, -0.1) is 0 Å². The molecule has 2 aromatic rings. The lowest BCUT2D eigenvalue weighted by atomic mass is 10.2. The van der Waals surface area contributed by atoms with Crippen LogP contribution in [0.4, 0.5) is 0 Å². The third-order valence-electron chi connectivity index (χ3n) is 3.88. The summed E-state index contributed by atoms with van der Waals surface area (Å²) < 4.78 is 36.9. The number of hydrogen-bond acceptors (Lipinski definition) is 5. The second kappa shape index (κ2) is 9.21. The Hall–Kier alpha value is -2.09. The summed E-state index contributed by atoms with van der Waals surface area (Å²) in [5.41, 5.74) is 0.158. The maximum absolute atomic E-state index is 12.5. The first-order chi connectivity index (χ1) is 12.7. The van der Waals surface area contributed by atoms with Gasteiger partial charge in [0, 0.05) is 13.1 Å². The van der Waals surface area contributed by atoms with E-state index in [0.29, 0.717) is 10.8 Å². The zero-order valence-corrected chi connectivity index (χ0v) is 17.0. The van der Waals surface area contributed by atoms with Gasteiger partial charge >= 0.3 is 5.97 Å². The molecule has 8 heteroatoms. The van der Waals surface area contributed by atoms with Gasteiger partial charge in [0.25, 0.3) is 0 Å². The minimum Gasteiger partial charge on any atom is -0.488 e. The highest BCUT2D eigenvalue weighted by Gasteiger charge is 2.24. The standard InChI is InChI=1S/C19H22ClNO5S/c1-14(2)21(3)27(23,24)16-8-6-7-15(13-16)19(22)26-12-11-25-18-10-5-4-9-17(18)20/h4-10,13-14H,11-12H2,1-3H3. The Bertz CT molecular complexity index is 898. The van der Waals surface area contributed by atoms with E-state index in [0.717, 1.165) is 0 Å². The van der Waals surface area contributed by atoms with Crippen molar-refractivity contribution in [2.75, 3.05) is 20.3 Å². The third kappa shape index (κ3) is 5.45. The van der Waals surface area contributed by atoms with Crippen molar-refractivity contribution in [1.82, 2.24) is 4.31 Å². The van der Waals surface area contributed by atoms with Crippen LogP contribution >= 0.6 is 11.6 Å². The van der Waals surface area contributed by atoms with Crippen molar-refractivity contribution in [3.8, 4) is 5.75 Å². The van der Waals surface area contributed by atoms with Gasteiger partial charge in [-0.1, -0.05) is 29.8 Å². The van der Waals surface area contributed by atoms with E-state index >= 15 is 0 Å². The predicted molar refractivity (Wildman–Crippen MR) is 104 cm³/mol. The molecule has 0 aromatic heterocycles. The van der Waals surface area contributed by atoms with Crippen LogP contribution in [0.3, 0.4) is 0 Å². The number of sulfonamides is 1. The van der Waals surface area contributed by atoms with E-state index in [4.69, 9.17) is 21.1 Å². The Labute approximate surface area is 164 Å². The van der Waals surface area contributed by atoms with Crippen LogP contribution in [0.1, 0.15) is 24.2 Å². The molecule has 0 spiro atoms. The highest BCUT2D eigenvalue weighted by Crippen LogP contribution is 2.23. The smallest absolute Gasteiger partial charge is 0.338 e. The molecule has 2 rings (SSSR count). The van der Waals surface area contributed by atoms with Gasteiger partial charge in [0.2, 0.25) is 10.0 Å². The fraction of sp³-hybridized carbons (Fsp3) is 0.316. The first-order valence-electron chi connectivity index (χ1n) is 8.36. The molecule has 0 aliphatic heterocycles. The third-order valence-corrected chi connectivity index (χ3v) is 6.23. The monoisotopic (exact) mass is 411 g/mol. The van der Waals surface area contributed by atoms with Crippen molar-refractivity contribution in [2.45, 2.75) is 24.8 Å². The Morgan fingerprint density at radius 1 is 1.11 bits per heavy atom. The molecule has 27 heavy (non-hydrogen) atoms. The van der Waals surface area contributed by atoms with E-state index in [-0.39, 0.29) is 29.7 Å². The molecule has 0 saturated carbocycles. The van der Waals surface area contributed by atoms with E-state index in [1.807, 2.05) is 0 Å². The van der Waals surface area contributed by atoms with Crippen LogP contribution in [0.15, 0.2) is 53.4 Å². The van der Waals surface area contributed by atoms with Crippen LogP contribution < -0.4 is 4.74 Å². The first-order valence-corrected chi connectivity index (χ1v) is 10.2. The average molecular weight is 412 g/mol. The lowest BCUT2D eigenvalue weighted by Gasteiger charge is -2.21. The molecule has 6 nitrogen and oxygen atoms in total. The number of ether oxygens (including phenoxy) is 2. The Morgan fingerprint density at radius 2 is 1.81 bits per heavy atom. The fourth-order valence-electron chi connectivity index (χ4n) is 2.16. The minimum absolute atomic E-state index is 0.00688. The van der Waals surface area contributed by atoms with Crippen LogP contribution in [-0.2, 0) is 14.8 Å². The minimum atomic E-state index is -3.67. The lowest BCUT2D eigenvalue weighted by Crippen LogP contribution is -2.33. The zero-order valence-electron chi connectivity index (χ0n) is 15.4. The number of nitrogens with zero attached hydrogens (tertiary/aromatic N) is 1. The molecule has 0 fully saturated rings. The molecule has 0 saturated heterocycles. The summed E-state index contributed by atoms with van der Waals surface area (Å²) in [6.45, 7) is 3.68. The van der Waals surface area contributed by atoms with Crippen LogP contribution in [0.25, 0.3) is 0 Å². The molecule has 0 N–H and O–H groups in total. The van der Waals surface area contributed by atoms with Gasteiger partial charge < -0.3 is 9.47 Å². The topological polar surface area (TPSA) is 72.9 Å². The number of benzene rings is 2. The second-order valence-electron chi connectivity index (χ2n) is 6.06. The maximum atomic E-state index is 12.5. The molecular formula is C19H22ClNO5S. The summed E-state index contributed by atoms with van der Waals surface area (Å²) in [6, 6.07) is 12.6. The average Bonchev–Trinajstić information content (AvgIpc) is 2.65. The van der Waals surface area contributed by atoms with Crippen LogP contribution in [-0.4, -0.2) is 45.0 Å². The summed E-state index contributed by atoms with van der Waals surface area (Å²) in [6.07, 6.45) is 0. The Balaban J connectivity index is 1.98. The number of hydrogen-bond donors (Lipinski definition) is 0. The number of carbonyl (C=O) groups is 1. The zero-order chi connectivity index (χ0) is 20.0. The molecule has 0 radical (unpaired) electrons. The lowest BCUT2D eigenvalue weighted by molar-refractivity contribution is 0.0450. The molecule has 0 aliphatic carbocycles. The number of halogens is 1. The first kappa shape index (κ1) is 21.2. The highest BCUT2D eigenvalue weighted by atomic mass is 35.5. The van der Waals surface area contributed by atoms with Gasteiger partial charge in [0.05, 0.1) is 15.5 Å². The molecule has 0 aliphatic rings. The van der Waals surface area contributed by atoms with Crippen molar-refractivity contribution in [3.05, 3.63) is 59.1 Å². The predicted octanol–water partition coefficient (Wildman–Crippen LogP) is 3.60. The Morgan fingerprint density at radius 3 is 2.48 bits per heavy atom. The van der Waals surface area contributed by atoms with E-state index in [1.165, 1.54) is 35.6 Å². The summed E-state index contributed by atoms with van der Waals surface area (Å²) in [4.78, 5) is 12.2. The van der Waals surface area contributed by atoms with E-state index in [1.54, 1.807) is 38.1 Å². The number of para-hydroxylation sites is 1. The van der Waals surface area contributed by atoms with Crippen molar-refractivity contribution < 1.29 is 22.7 Å². The van der Waals surface area contributed by atoms with Gasteiger partial charge in [-0.2, -0.15) is 4.31 Å². The van der Waals surface area contributed by atoms with Crippen LogP contribution in [0.5, 0.6) is 5.75 Å². The van der Waals surface area contributed by atoms with Crippen molar-refractivity contribution in [2.24, 2.45) is 0 Å². The van der Waals surface area contributed by atoms with Gasteiger partial charge in [0.1, 0.15) is 19.0 Å². The molecule has 2 aromatic carbocycles. The van der Waals surface area contributed by atoms with Crippen molar-refractivity contribution in [3.63, 3.8) is 0 Å².